The SMILES string of the molecule is COc1cc(N2C[C@@H]3COC[C@]3(CC(=O)N(C)C)C2)ncn1. The molecule has 0 aromatic carbocycles. The third kappa shape index (κ3) is 2.61. The van der Waals surface area contributed by atoms with Gasteiger partial charge in [-0.15, -0.1) is 0 Å². The van der Waals surface area contributed by atoms with Crippen LogP contribution in [0.2, 0.25) is 0 Å². The number of aromatic nitrogens is 2. The molecule has 3 rings (SSSR count). The lowest BCUT2D eigenvalue weighted by atomic mass is 9.78. The van der Waals surface area contributed by atoms with Gasteiger partial charge < -0.3 is 19.3 Å². The first kappa shape index (κ1) is 15.0. The van der Waals surface area contributed by atoms with E-state index in [4.69, 9.17) is 9.47 Å². The summed E-state index contributed by atoms with van der Waals surface area (Å²) in [7, 11) is 5.19. The van der Waals surface area contributed by atoms with Crippen molar-refractivity contribution in [1.82, 2.24) is 14.9 Å². The first-order valence-electron chi connectivity index (χ1n) is 7.43. The summed E-state index contributed by atoms with van der Waals surface area (Å²) in [5.41, 5.74) is -0.112. The molecule has 2 saturated heterocycles. The minimum absolute atomic E-state index is 0.112. The maximum atomic E-state index is 12.2. The molecular weight excluding hydrogens is 284 g/mol. The van der Waals surface area contributed by atoms with Gasteiger partial charge >= 0.3 is 0 Å². The zero-order valence-electron chi connectivity index (χ0n) is 13.3. The Hall–Kier alpha value is -1.89. The maximum Gasteiger partial charge on any atom is 0.222 e. The lowest BCUT2D eigenvalue weighted by Gasteiger charge is -2.28. The molecule has 7 heteroatoms. The highest BCUT2D eigenvalue weighted by Gasteiger charge is 2.52. The molecular formula is C15H22N4O3. The van der Waals surface area contributed by atoms with Crippen LogP contribution < -0.4 is 9.64 Å². The average Bonchev–Trinajstić information content (AvgIpc) is 3.03. The summed E-state index contributed by atoms with van der Waals surface area (Å²) in [6.45, 7) is 2.97. The summed E-state index contributed by atoms with van der Waals surface area (Å²) in [5.74, 6) is 1.91. The molecule has 2 fully saturated rings. The average molecular weight is 306 g/mol. The second-order valence-corrected chi connectivity index (χ2v) is 6.34. The predicted octanol–water partition coefficient (Wildman–Crippen LogP) is 0.416. The van der Waals surface area contributed by atoms with Gasteiger partial charge in [-0.25, -0.2) is 9.97 Å². The van der Waals surface area contributed by atoms with E-state index in [0.717, 1.165) is 18.9 Å². The number of anilines is 1. The van der Waals surface area contributed by atoms with Gasteiger partial charge in [0, 0.05) is 51.0 Å². The van der Waals surface area contributed by atoms with Crippen LogP contribution in [0.5, 0.6) is 5.88 Å². The Kier molecular flexibility index (Phi) is 3.90. The first-order valence-corrected chi connectivity index (χ1v) is 7.43. The van der Waals surface area contributed by atoms with Gasteiger partial charge in [-0.3, -0.25) is 4.79 Å². The monoisotopic (exact) mass is 306 g/mol. The molecule has 7 nitrogen and oxygen atoms in total. The summed E-state index contributed by atoms with van der Waals surface area (Å²) in [5, 5.41) is 0. The number of rotatable bonds is 4. The van der Waals surface area contributed by atoms with Gasteiger partial charge in [0.2, 0.25) is 11.8 Å². The highest BCUT2D eigenvalue weighted by Crippen LogP contribution is 2.45. The van der Waals surface area contributed by atoms with Crippen molar-refractivity contribution < 1.29 is 14.3 Å². The van der Waals surface area contributed by atoms with Gasteiger partial charge in [0.25, 0.3) is 0 Å². The maximum absolute atomic E-state index is 12.2. The Bertz CT molecular complexity index is 565. The number of amides is 1. The van der Waals surface area contributed by atoms with Gasteiger partial charge in [0.1, 0.15) is 12.1 Å². The minimum Gasteiger partial charge on any atom is -0.481 e. The van der Waals surface area contributed by atoms with Crippen LogP contribution in [-0.2, 0) is 9.53 Å². The molecule has 2 aliphatic rings. The molecule has 2 aliphatic heterocycles. The zero-order valence-corrected chi connectivity index (χ0v) is 13.3. The van der Waals surface area contributed by atoms with Crippen LogP contribution in [0.1, 0.15) is 6.42 Å². The van der Waals surface area contributed by atoms with Crippen molar-refractivity contribution in [1.29, 1.82) is 0 Å². The normalized spacial score (nSPS) is 26.9. The molecule has 0 bridgehead atoms. The fraction of sp³-hybridized carbons (Fsp3) is 0.667. The third-order valence-electron chi connectivity index (χ3n) is 4.68. The molecule has 1 amide bonds. The lowest BCUT2D eigenvalue weighted by molar-refractivity contribution is -0.131. The summed E-state index contributed by atoms with van der Waals surface area (Å²) < 4.78 is 10.8. The second-order valence-electron chi connectivity index (χ2n) is 6.34. The second kappa shape index (κ2) is 5.72. The molecule has 0 N–H and O–H groups in total. The zero-order chi connectivity index (χ0) is 15.7. The third-order valence-corrected chi connectivity index (χ3v) is 4.68. The van der Waals surface area contributed by atoms with Crippen LogP contribution in [0.15, 0.2) is 12.4 Å². The number of carbonyl (C=O) groups excluding carboxylic acids is 1. The fourth-order valence-corrected chi connectivity index (χ4v) is 3.33. The minimum atomic E-state index is -0.112. The van der Waals surface area contributed by atoms with Crippen molar-refractivity contribution in [2.24, 2.45) is 11.3 Å². The topological polar surface area (TPSA) is 67.8 Å². The van der Waals surface area contributed by atoms with E-state index in [1.165, 1.54) is 6.33 Å². The van der Waals surface area contributed by atoms with Gasteiger partial charge in [-0.1, -0.05) is 0 Å². The highest BCUT2D eigenvalue weighted by molar-refractivity contribution is 5.76. The number of carbonyl (C=O) groups is 1. The molecule has 0 saturated carbocycles. The Labute approximate surface area is 130 Å². The van der Waals surface area contributed by atoms with Crippen molar-refractivity contribution in [3.8, 4) is 5.88 Å². The molecule has 22 heavy (non-hydrogen) atoms. The van der Waals surface area contributed by atoms with E-state index < -0.39 is 0 Å². The number of hydrogen-bond acceptors (Lipinski definition) is 6. The van der Waals surface area contributed by atoms with Crippen LogP contribution in [0.4, 0.5) is 5.82 Å². The first-order chi connectivity index (χ1) is 10.5. The number of hydrogen-bond donors (Lipinski definition) is 0. The summed E-state index contributed by atoms with van der Waals surface area (Å²) in [4.78, 5) is 24.4. The number of ether oxygens (including phenoxy) is 2. The fourth-order valence-electron chi connectivity index (χ4n) is 3.33. The predicted molar refractivity (Wildman–Crippen MR) is 80.9 cm³/mol. The van der Waals surface area contributed by atoms with E-state index in [9.17, 15) is 4.79 Å². The van der Waals surface area contributed by atoms with Gasteiger partial charge in [0.15, 0.2) is 0 Å². The van der Waals surface area contributed by atoms with E-state index >= 15 is 0 Å². The summed E-state index contributed by atoms with van der Waals surface area (Å²) in [6.07, 6.45) is 2.03. The van der Waals surface area contributed by atoms with Crippen molar-refractivity contribution >= 4 is 11.7 Å². The summed E-state index contributed by atoms with van der Waals surface area (Å²) in [6, 6.07) is 1.84. The molecule has 1 aromatic heterocycles. The number of nitrogens with zero attached hydrogens (tertiary/aromatic N) is 4. The van der Waals surface area contributed by atoms with Crippen molar-refractivity contribution in [3.63, 3.8) is 0 Å². The molecule has 1 aromatic rings. The van der Waals surface area contributed by atoms with Crippen LogP contribution >= 0.6 is 0 Å². The van der Waals surface area contributed by atoms with Gasteiger partial charge in [-0.05, 0) is 0 Å². The Morgan fingerprint density at radius 1 is 1.55 bits per heavy atom. The van der Waals surface area contributed by atoms with Crippen molar-refractivity contribution in [2.75, 3.05) is 52.4 Å². The Balaban J connectivity index is 1.79. The Morgan fingerprint density at radius 3 is 3.09 bits per heavy atom. The molecule has 120 valence electrons. The molecule has 2 atom stereocenters. The molecule has 0 unspecified atom stereocenters. The van der Waals surface area contributed by atoms with E-state index in [-0.39, 0.29) is 11.3 Å². The van der Waals surface area contributed by atoms with Crippen LogP contribution in [-0.4, -0.2) is 68.3 Å². The van der Waals surface area contributed by atoms with Crippen LogP contribution in [0, 0.1) is 11.3 Å². The number of methoxy groups -OCH3 is 1. The molecule has 0 radical (unpaired) electrons. The molecule has 3 heterocycles. The van der Waals surface area contributed by atoms with Gasteiger partial charge in [0.05, 0.1) is 20.3 Å². The van der Waals surface area contributed by atoms with Crippen LogP contribution in [0.25, 0.3) is 0 Å². The van der Waals surface area contributed by atoms with E-state index in [0.29, 0.717) is 31.4 Å². The van der Waals surface area contributed by atoms with Gasteiger partial charge in [-0.2, -0.15) is 0 Å². The van der Waals surface area contributed by atoms with E-state index in [1.54, 1.807) is 26.1 Å². The highest BCUT2D eigenvalue weighted by atomic mass is 16.5. The largest absolute Gasteiger partial charge is 0.481 e. The van der Waals surface area contributed by atoms with Crippen molar-refractivity contribution in [3.05, 3.63) is 12.4 Å². The standard InChI is InChI=1S/C15H22N4O3/c1-18(2)14(20)5-15-8-19(6-11(15)7-22-9-15)12-4-13(21-3)17-10-16-12/h4,10-11H,5-9H2,1-3H3/t11-,15+/m1/s1. The molecule has 0 aliphatic carbocycles. The Morgan fingerprint density at radius 2 is 2.36 bits per heavy atom. The quantitative estimate of drug-likeness (QED) is 0.803. The van der Waals surface area contributed by atoms with E-state index in [2.05, 4.69) is 14.9 Å². The van der Waals surface area contributed by atoms with E-state index in [1.807, 2.05) is 6.07 Å². The van der Waals surface area contributed by atoms with Crippen molar-refractivity contribution in [2.45, 2.75) is 6.42 Å². The number of fused-ring (bicyclic) bond motifs is 1. The lowest BCUT2D eigenvalue weighted by Crippen LogP contribution is -2.37. The van der Waals surface area contributed by atoms with Crippen LogP contribution in [0.3, 0.4) is 0 Å². The smallest absolute Gasteiger partial charge is 0.222 e. The molecule has 0 spiro atoms. The summed E-state index contributed by atoms with van der Waals surface area (Å²) >= 11 is 0.